The van der Waals surface area contributed by atoms with Gasteiger partial charge in [0.25, 0.3) is 5.69 Å². The van der Waals surface area contributed by atoms with Gasteiger partial charge in [-0.25, -0.2) is 4.98 Å². The fourth-order valence-corrected chi connectivity index (χ4v) is 2.42. The molecular formula is C13H11N3O2S2. The standard InChI is InChI=1S/C13H11N3O2S2/c14-13(19)10-3-1-9(2-4-10)8-20-12-6-5-11(7-15-12)16(17)18/h1-7H,8H2,(H2,14,19). The lowest BCUT2D eigenvalue weighted by Gasteiger charge is -2.03. The number of hydrogen-bond donors (Lipinski definition) is 1. The predicted molar refractivity (Wildman–Crippen MR) is 82.8 cm³/mol. The van der Waals surface area contributed by atoms with Crippen molar-refractivity contribution in [1.29, 1.82) is 0 Å². The van der Waals surface area contributed by atoms with Gasteiger partial charge in [-0.2, -0.15) is 0 Å². The fourth-order valence-electron chi connectivity index (χ4n) is 1.49. The lowest BCUT2D eigenvalue weighted by molar-refractivity contribution is -0.385. The van der Waals surface area contributed by atoms with Crippen LogP contribution < -0.4 is 5.73 Å². The topological polar surface area (TPSA) is 82.0 Å². The molecule has 2 N–H and O–H groups in total. The molecule has 1 heterocycles. The van der Waals surface area contributed by atoms with Crippen LogP contribution in [0.15, 0.2) is 47.6 Å². The average Bonchev–Trinajstić information content (AvgIpc) is 2.46. The fraction of sp³-hybridized carbons (Fsp3) is 0.0769. The van der Waals surface area contributed by atoms with Gasteiger partial charge in [-0.1, -0.05) is 36.5 Å². The first-order valence-electron chi connectivity index (χ1n) is 5.68. The van der Waals surface area contributed by atoms with Crippen LogP contribution >= 0.6 is 24.0 Å². The van der Waals surface area contributed by atoms with Gasteiger partial charge < -0.3 is 5.73 Å². The number of nitrogens with two attached hydrogens (primary N) is 1. The minimum Gasteiger partial charge on any atom is -0.389 e. The molecule has 0 fully saturated rings. The molecule has 0 spiro atoms. The summed E-state index contributed by atoms with van der Waals surface area (Å²) in [7, 11) is 0. The number of thiocarbonyl (C=S) groups is 1. The van der Waals surface area contributed by atoms with Crippen LogP contribution in [-0.2, 0) is 5.75 Å². The van der Waals surface area contributed by atoms with Crippen LogP contribution in [-0.4, -0.2) is 14.9 Å². The Morgan fingerprint density at radius 2 is 2.00 bits per heavy atom. The van der Waals surface area contributed by atoms with Crippen molar-refractivity contribution in [1.82, 2.24) is 4.98 Å². The summed E-state index contributed by atoms with van der Waals surface area (Å²) in [5, 5.41) is 11.3. The second-order valence-electron chi connectivity index (χ2n) is 3.96. The van der Waals surface area contributed by atoms with E-state index < -0.39 is 4.92 Å². The second kappa shape index (κ2) is 6.44. The summed E-state index contributed by atoms with van der Waals surface area (Å²) >= 11 is 6.40. The Hall–Kier alpha value is -1.99. The lowest BCUT2D eigenvalue weighted by Crippen LogP contribution is -2.08. The van der Waals surface area contributed by atoms with Crippen molar-refractivity contribution in [3.8, 4) is 0 Å². The number of nitrogens with zero attached hydrogens (tertiary/aromatic N) is 2. The molecule has 0 saturated carbocycles. The summed E-state index contributed by atoms with van der Waals surface area (Å²) in [5.74, 6) is 0.725. The summed E-state index contributed by atoms with van der Waals surface area (Å²) in [4.78, 5) is 14.5. The van der Waals surface area contributed by atoms with Gasteiger partial charge in [0.2, 0.25) is 0 Å². The molecule has 7 heteroatoms. The van der Waals surface area contributed by atoms with E-state index in [1.807, 2.05) is 24.3 Å². The Morgan fingerprint density at radius 1 is 1.30 bits per heavy atom. The Labute approximate surface area is 125 Å². The van der Waals surface area contributed by atoms with Gasteiger partial charge in [-0.3, -0.25) is 10.1 Å². The highest BCUT2D eigenvalue weighted by atomic mass is 32.2. The lowest BCUT2D eigenvalue weighted by atomic mass is 10.1. The zero-order valence-electron chi connectivity index (χ0n) is 10.4. The first-order valence-corrected chi connectivity index (χ1v) is 7.07. The summed E-state index contributed by atoms with van der Waals surface area (Å²) in [6.45, 7) is 0. The number of nitro groups is 1. The van der Waals surface area contributed by atoms with E-state index in [1.54, 1.807) is 6.07 Å². The minimum atomic E-state index is -0.462. The molecular weight excluding hydrogens is 294 g/mol. The van der Waals surface area contributed by atoms with Crippen LogP contribution in [0.3, 0.4) is 0 Å². The molecule has 0 aliphatic carbocycles. The van der Waals surface area contributed by atoms with Gasteiger partial charge >= 0.3 is 0 Å². The molecule has 2 rings (SSSR count). The van der Waals surface area contributed by atoms with Crippen molar-refractivity contribution in [3.63, 3.8) is 0 Å². The molecule has 0 atom stereocenters. The van der Waals surface area contributed by atoms with Crippen LogP contribution in [0.1, 0.15) is 11.1 Å². The third kappa shape index (κ3) is 3.75. The Bertz CT molecular complexity index is 570. The first-order chi connectivity index (χ1) is 9.56. The zero-order valence-corrected chi connectivity index (χ0v) is 12.0. The van der Waals surface area contributed by atoms with Crippen molar-refractivity contribution >= 4 is 34.7 Å². The predicted octanol–water partition coefficient (Wildman–Crippen LogP) is 2.92. The number of hydrogen-bond acceptors (Lipinski definition) is 5. The van der Waals surface area contributed by atoms with E-state index in [2.05, 4.69) is 4.98 Å². The first kappa shape index (κ1) is 14.4. The number of rotatable bonds is 5. The van der Waals surface area contributed by atoms with Crippen molar-refractivity contribution in [2.75, 3.05) is 0 Å². The van der Waals surface area contributed by atoms with Gasteiger partial charge in [-0.15, -0.1) is 11.8 Å². The van der Waals surface area contributed by atoms with Gasteiger partial charge in [0, 0.05) is 17.4 Å². The number of benzene rings is 1. The molecule has 102 valence electrons. The van der Waals surface area contributed by atoms with E-state index in [4.69, 9.17) is 18.0 Å². The number of pyridine rings is 1. The Morgan fingerprint density at radius 3 is 2.50 bits per heavy atom. The molecule has 5 nitrogen and oxygen atoms in total. The van der Waals surface area contributed by atoms with Crippen molar-refractivity contribution in [2.45, 2.75) is 10.8 Å². The van der Waals surface area contributed by atoms with Crippen LogP contribution in [0.2, 0.25) is 0 Å². The van der Waals surface area contributed by atoms with Gasteiger partial charge in [0.05, 0.1) is 9.95 Å². The van der Waals surface area contributed by atoms with Crippen LogP contribution in [0.25, 0.3) is 0 Å². The summed E-state index contributed by atoms with van der Waals surface area (Å²) in [6, 6.07) is 10.8. The van der Waals surface area contributed by atoms with Crippen LogP contribution in [0.4, 0.5) is 5.69 Å². The average molecular weight is 305 g/mol. The highest BCUT2D eigenvalue weighted by Gasteiger charge is 2.05. The minimum absolute atomic E-state index is 0.00448. The van der Waals surface area contributed by atoms with E-state index in [1.165, 1.54) is 24.0 Å². The molecule has 0 saturated heterocycles. The molecule has 0 aliphatic rings. The molecule has 0 bridgehead atoms. The SMILES string of the molecule is NC(=S)c1ccc(CSc2ccc([N+](=O)[O-])cn2)cc1. The van der Waals surface area contributed by atoms with E-state index in [0.717, 1.165) is 21.9 Å². The number of aromatic nitrogens is 1. The zero-order chi connectivity index (χ0) is 14.5. The highest BCUT2D eigenvalue weighted by molar-refractivity contribution is 7.98. The summed E-state index contributed by atoms with van der Waals surface area (Å²) in [6.07, 6.45) is 1.26. The Kier molecular flexibility index (Phi) is 4.65. The van der Waals surface area contributed by atoms with Crippen LogP contribution in [0.5, 0.6) is 0 Å². The van der Waals surface area contributed by atoms with Gasteiger partial charge in [0.1, 0.15) is 11.2 Å². The molecule has 0 unspecified atom stereocenters. The summed E-state index contributed by atoms with van der Waals surface area (Å²) < 4.78 is 0. The largest absolute Gasteiger partial charge is 0.389 e. The number of thioether (sulfide) groups is 1. The monoisotopic (exact) mass is 305 g/mol. The molecule has 1 aromatic heterocycles. The molecule has 20 heavy (non-hydrogen) atoms. The molecule has 0 amide bonds. The maximum absolute atomic E-state index is 10.5. The second-order valence-corrected chi connectivity index (χ2v) is 5.40. The normalized spacial score (nSPS) is 10.2. The smallest absolute Gasteiger partial charge is 0.287 e. The third-order valence-electron chi connectivity index (χ3n) is 2.56. The Balaban J connectivity index is 1.97. The van der Waals surface area contributed by atoms with E-state index in [0.29, 0.717) is 4.99 Å². The van der Waals surface area contributed by atoms with Crippen molar-refractivity contribution in [2.24, 2.45) is 5.73 Å². The molecule has 2 aromatic rings. The van der Waals surface area contributed by atoms with Crippen molar-refractivity contribution < 1.29 is 4.92 Å². The van der Waals surface area contributed by atoms with Crippen LogP contribution in [0, 0.1) is 10.1 Å². The maximum atomic E-state index is 10.5. The summed E-state index contributed by atoms with van der Waals surface area (Å²) in [5.41, 5.74) is 7.47. The molecule has 0 radical (unpaired) electrons. The third-order valence-corrected chi connectivity index (χ3v) is 3.81. The quantitative estimate of drug-likeness (QED) is 0.396. The van der Waals surface area contributed by atoms with Crippen molar-refractivity contribution in [3.05, 3.63) is 63.8 Å². The molecule has 0 aliphatic heterocycles. The van der Waals surface area contributed by atoms with Gasteiger partial charge in [0.15, 0.2) is 0 Å². The van der Waals surface area contributed by atoms with E-state index in [9.17, 15) is 10.1 Å². The van der Waals surface area contributed by atoms with Gasteiger partial charge in [-0.05, 0) is 11.6 Å². The van der Waals surface area contributed by atoms with E-state index in [-0.39, 0.29) is 5.69 Å². The maximum Gasteiger partial charge on any atom is 0.287 e. The van der Waals surface area contributed by atoms with E-state index >= 15 is 0 Å². The molecule has 1 aromatic carbocycles. The highest BCUT2D eigenvalue weighted by Crippen LogP contribution is 2.22.